The maximum Gasteiger partial charge on any atom is 0.225 e. The average Bonchev–Trinajstić information content (AvgIpc) is 2.30. The van der Waals surface area contributed by atoms with Gasteiger partial charge in [-0.1, -0.05) is 13.8 Å². The van der Waals surface area contributed by atoms with E-state index in [9.17, 15) is 9.59 Å². The monoisotopic (exact) mass is 211 g/mol. The van der Waals surface area contributed by atoms with Crippen molar-refractivity contribution in [3.63, 3.8) is 0 Å². The van der Waals surface area contributed by atoms with E-state index >= 15 is 0 Å². The predicted octanol–water partition coefficient (Wildman–Crippen LogP) is 1.86. The molecule has 0 bridgehead atoms. The van der Waals surface area contributed by atoms with Crippen LogP contribution in [0.15, 0.2) is 0 Å². The van der Waals surface area contributed by atoms with Gasteiger partial charge in [-0.05, 0) is 25.7 Å². The molecule has 86 valence electrons. The number of aldehydes is 1. The van der Waals surface area contributed by atoms with Crippen molar-refractivity contribution in [3.05, 3.63) is 0 Å². The van der Waals surface area contributed by atoms with Gasteiger partial charge in [-0.15, -0.1) is 0 Å². The number of hydrogen-bond donors (Lipinski definition) is 0. The number of likely N-dealkylation sites (tertiary alicyclic amines) is 1. The number of rotatable bonds is 4. The van der Waals surface area contributed by atoms with Gasteiger partial charge >= 0.3 is 0 Å². The van der Waals surface area contributed by atoms with Gasteiger partial charge in [0.05, 0.1) is 0 Å². The van der Waals surface area contributed by atoms with Crippen molar-refractivity contribution in [1.82, 2.24) is 4.90 Å². The molecule has 0 N–H and O–H groups in total. The molecule has 3 nitrogen and oxygen atoms in total. The van der Waals surface area contributed by atoms with E-state index in [4.69, 9.17) is 0 Å². The van der Waals surface area contributed by atoms with Gasteiger partial charge in [0.2, 0.25) is 5.91 Å². The van der Waals surface area contributed by atoms with Crippen LogP contribution < -0.4 is 0 Å². The second-order valence-electron chi connectivity index (χ2n) is 4.34. The standard InChI is InChI=1S/C12H21NO2/c1-3-11(4-2)12(15)13-7-5-6-10(8-13)9-14/h9-11H,3-8H2,1-2H3. The molecule has 1 amide bonds. The minimum atomic E-state index is 0.0667. The van der Waals surface area contributed by atoms with Crippen LogP contribution in [-0.2, 0) is 9.59 Å². The first-order valence-electron chi connectivity index (χ1n) is 5.97. The largest absolute Gasteiger partial charge is 0.342 e. The molecular formula is C12H21NO2. The van der Waals surface area contributed by atoms with Crippen LogP contribution in [0.4, 0.5) is 0 Å². The molecule has 15 heavy (non-hydrogen) atoms. The van der Waals surface area contributed by atoms with Crippen molar-refractivity contribution < 1.29 is 9.59 Å². The van der Waals surface area contributed by atoms with Crippen molar-refractivity contribution in [3.8, 4) is 0 Å². The molecule has 1 aliphatic heterocycles. The molecule has 0 saturated carbocycles. The Hall–Kier alpha value is -0.860. The van der Waals surface area contributed by atoms with Gasteiger partial charge in [0.1, 0.15) is 6.29 Å². The third kappa shape index (κ3) is 3.05. The summed E-state index contributed by atoms with van der Waals surface area (Å²) in [4.78, 5) is 24.6. The maximum atomic E-state index is 12.0. The molecule has 1 saturated heterocycles. The Balaban J connectivity index is 2.54. The molecule has 3 heteroatoms. The number of nitrogens with zero attached hydrogens (tertiary/aromatic N) is 1. The fourth-order valence-corrected chi connectivity index (χ4v) is 2.22. The minimum Gasteiger partial charge on any atom is -0.342 e. The number of carbonyl (C=O) groups is 2. The molecule has 0 spiro atoms. The Morgan fingerprint density at radius 1 is 1.47 bits per heavy atom. The Labute approximate surface area is 91.8 Å². The molecule has 0 aromatic heterocycles. The highest BCUT2D eigenvalue weighted by molar-refractivity contribution is 5.79. The second-order valence-corrected chi connectivity index (χ2v) is 4.34. The summed E-state index contributed by atoms with van der Waals surface area (Å²) in [7, 11) is 0. The maximum absolute atomic E-state index is 12.0. The summed E-state index contributed by atoms with van der Waals surface area (Å²) in [6.07, 6.45) is 4.70. The third-order valence-corrected chi connectivity index (χ3v) is 3.30. The van der Waals surface area contributed by atoms with Gasteiger partial charge in [0.25, 0.3) is 0 Å². The Morgan fingerprint density at radius 3 is 2.67 bits per heavy atom. The lowest BCUT2D eigenvalue weighted by atomic mass is 9.96. The highest BCUT2D eigenvalue weighted by atomic mass is 16.2. The summed E-state index contributed by atoms with van der Waals surface area (Å²) in [5.41, 5.74) is 0. The van der Waals surface area contributed by atoms with Gasteiger partial charge in [0, 0.05) is 24.9 Å². The van der Waals surface area contributed by atoms with E-state index < -0.39 is 0 Å². The van der Waals surface area contributed by atoms with E-state index in [0.29, 0.717) is 6.54 Å². The first-order valence-corrected chi connectivity index (χ1v) is 5.97. The Morgan fingerprint density at radius 2 is 2.13 bits per heavy atom. The number of hydrogen-bond acceptors (Lipinski definition) is 2. The molecule has 0 radical (unpaired) electrons. The zero-order chi connectivity index (χ0) is 11.3. The summed E-state index contributed by atoms with van der Waals surface area (Å²) in [6, 6.07) is 0. The van der Waals surface area contributed by atoms with Crippen LogP contribution in [0, 0.1) is 11.8 Å². The predicted molar refractivity (Wildman–Crippen MR) is 59.4 cm³/mol. The summed E-state index contributed by atoms with van der Waals surface area (Å²) < 4.78 is 0. The molecular weight excluding hydrogens is 190 g/mol. The first kappa shape index (κ1) is 12.2. The molecule has 0 aromatic carbocycles. The van der Waals surface area contributed by atoms with E-state index in [1.54, 1.807) is 0 Å². The van der Waals surface area contributed by atoms with Crippen molar-refractivity contribution in [2.45, 2.75) is 39.5 Å². The smallest absolute Gasteiger partial charge is 0.225 e. The van der Waals surface area contributed by atoms with E-state index in [0.717, 1.165) is 38.5 Å². The lowest BCUT2D eigenvalue weighted by molar-refractivity contribution is -0.138. The van der Waals surface area contributed by atoms with E-state index in [1.165, 1.54) is 0 Å². The lowest BCUT2D eigenvalue weighted by Gasteiger charge is -2.32. The van der Waals surface area contributed by atoms with Crippen LogP contribution in [0.1, 0.15) is 39.5 Å². The quantitative estimate of drug-likeness (QED) is 0.666. The number of carbonyl (C=O) groups excluding carboxylic acids is 2. The van der Waals surface area contributed by atoms with Crippen molar-refractivity contribution >= 4 is 12.2 Å². The third-order valence-electron chi connectivity index (χ3n) is 3.30. The number of amides is 1. The van der Waals surface area contributed by atoms with Crippen LogP contribution in [0.5, 0.6) is 0 Å². The van der Waals surface area contributed by atoms with E-state index in [-0.39, 0.29) is 17.7 Å². The Kier molecular flexibility index (Phi) is 4.79. The molecule has 1 heterocycles. The molecule has 0 aromatic rings. The summed E-state index contributed by atoms with van der Waals surface area (Å²) in [5.74, 6) is 0.457. The second kappa shape index (κ2) is 5.89. The zero-order valence-corrected chi connectivity index (χ0v) is 9.74. The van der Waals surface area contributed by atoms with Crippen LogP contribution in [0.3, 0.4) is 0 Å². The summed E-state index contributed by atoms with van der Waals surface area (Å²) in [6.45, 7) is 5.57. The molecule has 1 aliphatic rings. The average molecular weight is 211 g/mol. The van der Waals surface area contributed by atoms with Gasteiger partial charge in [-0.3, -0.25) is 4.79 Å². The van der Waals surface area contributed by atoms with Gasteiger partial charge < -0.3 is 9.69 Å². The molecule has 0 aliphatic carbocycles. The normalized spacial score (nSPS) is 21.8. The molecule has 1 atom stereocenters. The highest BCUT2D eigenvalue weighted by Gasteiger charge is 2.26. The Bertz CT molecular complexity index is 224. The van der Waals surface area contributed by atoms with Crippen molar-refractivity contribution in [1.29, 1.82) is 0 Å². The van der Waals surface area contributed by atoms with Crippen LogP contribution in [0.25, 0.3) is 0 Å². The van der Waals surface area contributed by atoms with Crippen molar-refractivity contribution in [2.24, 2.45) is 11.8 Å². The fourth-order valence-electron chi connectivity index (χ4n) is 2.22. The van der Waals surface area contributed by atoms with Crippen molar-refractivity contribution in [2.75, 3.05) is 13.1 Å². The first-order chi connectivity index (χ1) is 7.22. The van der Waals surface area contributed by atoms with Gasteiger partial charge in [-0.2, -0.15) is 0 Å². The zero-order valence-electron chi connectivity index (χ0n) is 9.74. The molecule has 1 unspecified atom stereocenters. The van der Waals surface area contributed by atoms with Crippen LogP contribution in [0.2, 0.25) is 0 Å². The summed E-state index contributed by atoms with van der Waals surface area (Å²) in [5, 5.41) is 0. The van der Waals surface area contributed by atoms with Crippen LogP contribution in [-0.4, -0.2) is 30.2 Å². The highest BCUT2D eigenvalue weighted by Crippen LogP contribution is 2.19. The molecule has 1 fully saturated rings. The fraction of sp³-hybridized carbons (Fsp3) is 0.833. The SMILES string of the molecule is CCC(CC)C(=O)N1CCCC(C=O)C1. The lowest BCUT2D eigenvalue weighted by Crippen LogP contribution is -2.43. The topological polar surface area (TPSA) is 37.4 Å². The van der Waals surface area contributed by atoms with Crippen LogP contribution >= 0.6 is 0 Å². The van der Waals surface area contributed by atoms with Gasteiger partial charge in [0.15, 0.2) is 0 Å². The molecule has 1 rings (SSSR count). The van der Waals surface area contributed by atoms with Gasteiger partial charge in [-0.25, -0.2) is 0 Å². The summed E-state index contributed by atoms with van der Waals surface area (Å²) >= 11 is 0. The van der Waals surface area contributed by atoms with E-state index in [2.05, 4.69) is 0 Å². The van der Waals surface area contributed by atoms with E-state index in [1.807, 2.05) is 18.7 Å². The number of piperidine rings is 1. The minimum absolute atomic E-state index is 0.0667.